The summed E-state index contributed by atoms with van der Waals surface area (Å²) in [6, 6.07) is 3.93. The highest BCUT2D eigenvalue weighted by atomic mass is 79.9. The van der Waals surface area contributed by atoms with Gasteiger partial charge in [0.1, 0.15) is 0 Å². The number of carbonyl (C=O) groups excluding carboxylic acids is 1. The zero-order valence-electron chi connectivity index (χ0n) is 9.73. The predicted molar refractivity (Wildman–Crippen MR) is 67.4 cm³/mol. The van der Waals surface area contributed by atoms with Crippen molar-refractivity contribution in [3.8, 4) is 0 Å². The van der Waals surface area contributed by atoms with Crippen molar-refractivity contribution in [2.24, 2.45) is 5.92 Å². The summed E-state index contributed by atoms with van der Waals surface area (Å²) >= 11 is 3.51. The van der Waals surface area contributed by atoms with Crippen LogP contribution < -0.4 is 0 Å². The van der Waals surface area contributed by atoms with Crippen LogP contribution in [0.4, 0.5) is 0 Å². The molecule has 1 aromatic rings. The van der Waals surface area contributed by atoms with Crippen LogP contribution in [0.15, 0.2) is 16.6 Å². The molecule has 0 aromatic heterocycles. The van der Waals surface area contributed by atoms with Gasteiger partial charge >= 0.3 is 0 Å². The Kier molecular flexibility index (Phi) is 4.09. The fourth-order valence-corrected chi connectivity index (χ4v) is 1.79. The molecule has 0 heterocycles. The number of benzene rings is 1. The molecule has 1 aromatic carbocycles. The minimum absolute atomic E-state index is 0.116. The highest BCUT2D eigenvalue weighted by Gasteiger charge is 2.14. The molecule has 15 heavy (non-hydrogen) atoms. The Balaban J connectivity index is 3.12. The normalized spacial score (nSPS) is 12.6. The fraction of sp³-hybridized carbons (Fsp3) is 0.462. The average molecular weight is 269 g/mol. The van der Waals surface area contributed by atoms with Gasteiger partial charge in [-0.1, -0.05) is 29.8 Å². The Morgan fingerprint density at radius 3 is 2.20 bits per heavy atom. The van der Waals surface area contributed by atoms with Gasteiger partial charge in [0.2, 0.25) is 0 Å². The largest absolute Gasteiger partial charge is 0.294 e. The monoisotopic (exact) mass is 268 g/mol. The molecule has 0 amide bonds. The Labute approximate surface area is 100 Å². The van der Waals surface area contributed by atoms with Gasteiger partial charge in [0, 0.05) is 16.0 Å². The van der Waals surface area contributed by atoms with Crippen molar-refractivity contribution in [2.45, 2.75) is 34.1 Å². The standard InChI is InChI=1S/C13H17BrO/c1-5-8(2)13(15)11-6-9(3)12(14)10(4)7-11/h6-8H,5H2,1-4H3. The van der Waals surface area contributed by atoms with Gasteiger partial charge < -0.3 is 0 Å². The molecule has 0 N–H and O–H groups in total. The van der Waals surface area contributed by atoms with E-state index in [0.717, 1.165) is 27.6 Å². The first-order valence-corrected chi connectivity index (χ1v) is 6.07. The molecule has 0 fully saturated rings. The number of hydrogen-bond donors (Lipinski definition) is 0. The van der Waals surface area contributed by atoms with Gasteiger partial charge in [-0.05, 0) is 43.5 Å². The summed E-state index contributed by atoms with van der Waals surface area (Å²) in [6.07, 6.45) is 0.896. The lowest BCUT2D eigenvalue weighted by Crippen LogP contribution is -2.10. The second-order valence-electron chi connectivity index (χ2n) is 4.10. The van der Waals surface area contributed by atoms with Gasteiger partial charge in [-0.3, -0.25) is 4.79 Å². The summed E-state index contributed by atoms with van der Waals surface area (Å²) in [5, 5.41) is 0. The molecular formula is C13H17BrO. The second kappa shape index (κ2) is 4.93. The van der Waals surface area contributed by atoms with Gasteiger partial charge in [-0.2, -0.15) is 0 Å². The molecule has 0 aliphatic carbocycles. The summed E-state index contributed by atoms with van der Waals surface area (Å²) in [5.74, 6) is 0.362. The Hall–Kier alpha value is -0.630. The zero-order valence-corrected chi connectivity index (χ0v) is 11.3. The molecule has 1 rings (SSSR count). The molecular weight excluding hydrogens is 252 g/mol. The molecule has 0 radical (unpaired) electrons. The van der Waals surface area contributed by atoms with Crippen LogP contribution >= 0.6 is 15.9 Å². The van der Waals surface area contributed by atoms with E-state index in [0.29, 0.717) is 0 Å². The molecule has 0 spiro atoms. The summed E-state index contributed by atoms with van der Waals surface area (Å²) < 4.78 is 1.10. The first-order chi connectivity index (χ1) is 6.97. The van der Waals surface area contributed by atoms with E-state index in [2.05, 4.69) is 15.9 Å². The van der Waals surface area contributed by atoms with Gasteiger partial charge in [-0.15, -0.1) is 0 Å². The lowest BCUT2D eigenvalue weighted by Gasteiger charge is -2.10. The number of rotatable bonds is 3. The summed E-state index contributed by atoms with van der Waals surface area (Å²) in [7, 11) is 0. The third-order valence-corrected chi connectivity index (χ3v) is 4.03. The van der Waals surface area contributed by atoms with Crippen LogP contribution in [-0.4, -0.2) is 5.78 Å². The molecule has 1 unspecified atom stereocenters. The molecule has 0 bridgehead atoms. The van der Waals surface area contributed by atoms with Crippen molar-refractivity contribution >= 4 is 21.7 Å². The second-order valence-corrected chi connectivity index (χ2v) is 4.89. The van der Waals surface area contributed by atoms with E-state index in [4.69, 9.17) is 0 Å². The molecule has 0 saturated heterocycles. The van der Waals surface area contributed by atoms with Crippen molar-refractivity contribution in [1.29, 1.82) is 0 Å². The van der Waals surface area contributed by atoms with Gasteiger partial charge in [0.15, 0.2) is 5.78 Å². The Bertz CT molecular complexity index is 359. The van der Waals surface area contributed by atoms with E-state index in [1.54, 1.807) is 0 Å². The fourth-order valence-electron chi connectivity index (χ4n) is 1.56. The number of ketones is 1. The van der Waals surface area contributed by atoms with Gasteiger partial charge in [0.25, 0.3) is 0 Å². The summed E-state index contributed by atoms with van der Waals surface area (Å²) in [4.78, 5) is 12.0. The van der Waals surface area contributed by atoms with E-state index in [-0.39, 0.29) is 11.7 Å². The molecule has 0 aliphatic heterocycles. The Morgan fingerprint density at radius 2 is 1.80 bits per heavy atom. The SMILES string of the molecule is CCC(C)C(=O)c1cc(C)c(Br)c(C)c1. The van der Waals surface area contributed by atoms with Crippen LogP contribution in [0.2, 0.25) is 0 Å². The topological polar surface area (TPSA) is 17.1 Å². The van der Waals surface area contributed by atoms with E-state index in [1.165, 1.54) is 0 Å². The van der Waals surface area contributed by atoms with Crippen molar-refractivity contribution < 1.29 is 4.79 Å². The molecule has 0 aliphatic rings. The molecule has 0 saturated carbocycles. The zero-order chi connectivity index (χ0) is 11.6. The van der Waals surface area contributed by atoms with Crippen molar-refractivity contribution in [3.63, 3.8) is 0 Å². The number of hydrogen-bond acceptors (Lipinski definition) is 1. The quantitative estimate of drug-likeness (QED) is 0.748. The minimum atomic E-state index is 0.116. The smallest absolute Gasteiger partial charge is 0.165 e. The first-order valence-electron chi connectivity index (χ1n) is 5.28. The molecule has 1 nitrogen and oxygen atoms in total. The van der Waals surface area contributed by atoms with Crippen LogP contribution in [0.25, 0.3) is 0 Å². The van der Waals surface area contributed by atoms with Crippen LogP contribution in [0.1, 0.15) is 41.8 Å². The van der Waals surface area contributed by atoms with Gasteiger partial charge in [-0.25, -0.2) is 0 Å². The van der Waals surface area contributed by atoms with Crippen LogP contribution in [0, 0.1) is 19.8 Å². The maximum atomic E-state index is 12.0. The van der Waals surface area contributed by atoms with Crippen molar-refractivity contribution in [1.82, 2.24) is 0 Å². The maximum absolute atomic E-state index is 12.0. The summed E-state index contributed by atoms with van der Waals surface area (Å²) in [6.45, 7) is 8.06. The van der Waals surface area contributed by atoms with E-state index in [1.807, 2.05) is 39.8 Å². The highest BCUT2D eigenvalue weighted by Crippen LogP contribution is 2.24. The van der Waals surface area contributed by atoms with Crippen molar-refractivity contribution in [2.75, 3.05) is 0 Å². The predicted octanol–water partition coefficient (Wildman–Crippen LogP) is 4.29. The first kappa shape index (κ1) is 12.4. The lowest BCUT2D eigenvalue weighted by atomic mass is 9.95. The number of halogens is 1. The van der Waals surface area contributed by atoms with Crippen LogP contribution in [-0.2, 0) is 0 Å². The number of aryl methyl sites for hydroxylation is 2. The highest BCUT2D eigenvalue weighted by molar-refractivity contribution is 9.10. The Morgan fingerprint density at radius 1 is 1.33 bits per heavy atom. The van der Waals surface area contributed by atoms with E-state index >= 15 is 0 Å². The van der Waals surface area contributed by atoms with E-state index in [9.17, 15) is 4.79 Å². The molecule has 2 heteroatoms. The molecule has 1 atom stereocenters. The van der Waals surface area contributed by atoms with Crippen molar-refractivity contribution in [3.05, 3.63) is 33.3 Å². The van der Waals surface area contributed by atoms with Gasteiger partial charge in [0.05, 0.1) is 0 Å². The molecule has 82 valence electrons. The van der Waals surface area contributed by atoms with E-state index < -0.39 is 0 Å². The summed E-state index contributed by atoms with van der Waals surface area (Å²) in [5.41, 5.74) is 3.09. The average Bonchev–Trinajstić information content (AvgIpc) is 2.23. The number of carbonyl (C=O) groups is 1. The minimum Gasteiger partial charge on any atom is -0.294 e. The lowest BCUT2D eigenvalue weighted by molar-refractivity contribution is 0.0927. The van der Waals surface area contributed by atoms with Crippen LogP contribution in [0.3, 0.4) is 0 Å². The third kappa shape index (κ3) is 2.69. The maximum Gasteiger partial charge on any atom is 0.165 e. The number of Topliss-reactive ketones (excluding diaryl/α,β-unsaturated/α-hetero) is 1. The van der Waals surface area contributed by atoms with Crippen LogP contribution in [0.5, 0.6) is 0 Å². The third-order valence-electron chi connectivity index (χ3n) is 2.78.